The predicted molar refractivity (Wildman–Crippen MR) is 87.4 cm³/mol. The van der Waals surface area contributed by atoms with E-state index in [1.165, 1.54) is 35.1 Å². The summed E-state index contributed by atoms with van der Waals surface area (Å²) in [7, 11) is 0. The largest absolute Gasteiger partial charge is 0.314 e. The number of rotatable bonds is 1. The van der Waals surface area contributed by atoms with E-state index in [1.807, 2.05) is 0 Å². The van der Waals surface area contributed by atoms with Crippen LogP contribution in [0.25, 0.3) is 11.1 Å². The Morgan fingerprint density at radius 1 is 0.857 bits per heavy atom. The summed E-state index contributed by atoms with van der Waals surface area (Å²) in [4.78, 5) is 2.67. The number of fused-ring (bicyclic) bond motifs is 3. The fourth-order valence-electron chi connectivity index (χ4n) is 3.85. The minimum atomic E-state index is 0.565. The lowest BCUT2D eigenvalue weighted by Gasteiger charge is -2.35. The Labute approximate surface area is 126 Å². The summed E-state index contributed by atoms with van der Waals surface area (Å²) >= 11 is 0. The highest BCUT2D eigenvalue weighted by molar-refractivity contribution is 5.72. The van der Waals surface area contributed by atoms with Gasteiger partial charge in [-0.1, -0.05) is 48.5 Å². The molecule has 0 bridgehead atoms. The van der Waals surface area contributed by atoms with E-state index < -0.39 is 0 Å². The van der Waals surface area contributed by atoms with E-state index >= 15 is 0 Å². The third-order valence-corrected chi connectivity index (χ3v) is 4.91. The highest BCUT2D eigenvalue weighted by Crippen LogP contribution is 2.39. The van der Waals surface area contributed by atoms with Crippen molar-refractivity contribution in [1.82, 2.24) is 10.2 Å². The summed E-state index contributed by atoms with van der Waals surface area (Å²) in [5.74, 6) is 0. The SMILES string of the molecule is c1ccc2c(c1)CCC(N1CCNCC1)c1ccccc1-2. The Bertz CT molecular complexity index is 629. The maximum absolute atomic E-state index is 3.47. The van der Waals surface area contributed by atoms with Crippen molar-refractivity contribution in [3.63, 3.8) is 0 Å². The van der Waals surface area contributed by atoms with Crippen LogP contribution < -0.4 is 5.32 Å². The Kier molecular flexibility index (Phi) is 3.50. The first kappa shape index (κ1) is 13.1. The smallest absolute Gasteiger partial charge is 0.0358 e. The fraction of sp³-hybridized carbons (Fsp3) is 0.368. The molecule has 1 fully saturated rings. The number of nitrogens with zero attached hydrogens (tertiary/aromatic N) is 1. The Hall–Kier alpha value is -1.64. The number of nitrogens with one attached hydrogen (secondary N) is 1. The molecule has 0 saturated carbocycles. The van der Waals surface area contributed by atoms with Crippen LogP contribution in [-0.2, 0) is 6.42 Å². The number of piperazine rings is 1. The van der Waals surface area contributed by atoms with Gasteiger partial charge >= 0.3 is 0 Å². The highest BCUT2D eigenvalue weighted by Gasteiger charge is 2.27. The summed E-state index contributed by atoms with van der Waals surface area (Å²) in [6.07, 6.45) is 2.41. The molecule has 2 aromatic carbocycles. The van der Waals surface area contributed by atoms with Gasteiger partial charge in [0.15, 0.2) is 0 Å². The highest BCUT2D eigenvalue weighted by atomic mass is 15.2. The molecule has 2 heteroatoms. The van der Waals surface area contributed by atoms with Gasteiger partial charge in [0, 0.05) is 32.2 Å². The zero-order valence-electron chi connectivity index (χ0n) is 12.4. The van der Waals surface area contributed by atoms with Gasteiger partial charge in [0.1, 0.15) is 0 Å². The zero-order valence-corrected chi connectivity index (χ0v) is 12.4. The molecule has 1 N–H and O–H groups in total. The van der Waals surface area contributed by atoms with Crippen LogP contribution in [0.1, 0.15) is 23.6 Å². The second-order valence-corrected chi connectivity index (χ2v) is 6.08. The van der Waals surface area contributed by atoms with Crippen molar-refractivity contribution in [3.05, 3.63) is 59.7 Å². The standard InChI is InChI=1S/C19H22N2/c1-2-6-16-15(5-1)9-10-19(21-13-11-20-12-14-21)18-8-4-3-7-17(16)18/h1-8,19-20H,9-14H2. The lowest BCUT2D eigenvalue weighted by Crippen LogP contribution is -2.45. The molecule has 0 radical (unpaired) electrons. The quantitative estimate of drug-likeness (QED) is 0.861. The maximum atomic E-state index is 3.47. The van der Waals surface area contributed by atoms with Gasteiger partial charge in [-0.3, -0.25) is 4.90 Å². The van der Waals surface area contributed by atoms with E-state index in [4.69, 9.17) is 0 Å². The molecule has 1 aliphatic carbocycles. The van der Waals surface area contributed by atoms with Crippen LogP contribution in [-0.4, -0.2) is 31.1 Å². The third-order valence-electron chi connectivity index (χ3n) is 4.91. The van der Waals surface area contributed by atoms with Crippen molar-refractivity contribution >= 4 is 0 Å². The van der Waals surface area contributed by atoms with Crippen molar-refractivity contribution in [3.8, 4) is 11.1 Å². The molecule has 1 atom stereocenters. The first-order valence-corrected chi connectivity index (χ1v) is 8.05. The van der Waals surface area contributed by atoms with Crippen molar-refractivity contribution < 1.29 is 0 Å². The molecule has 1 heterocycles. The van der Waals surface area contributed by atoms with E-state index in [0.717, 1.165) is 26.2 Å². The minimum absolute atomic E-state index is 0.565. The molecular weight excluding hydrogens is 256 g/mol. The monoisotopic (exact) mass is 278 g/mol. The van der Waals surface area contributed by atoms with Crippen LogP contribution in [0.3, 0.4) is 0 Å². The average Bonchev–Trinajstić information content (AvgIpc) is 2.73. The van der Waals surface area contributed by atoms with Crippen molar-refractivity contribution in [1.29, 1.82) is 0 Å². The number of hydrogen-bond acceptors (Lipinski definition) is 2. The molecule has 0 spiro atoms. The number of aryl methyl sites for hydroxylation is 1. The first-order chi connectivity index (χ1) is 10.4. The minimum Gasteiger partial charge on any atom is -0.314 e. The molecule has 1 aliphatic heterocycles. The average molecular weight is 278 g/mol. The fourth-order valence-corrected chi connectivity index (χ4v) is 3.85. The Morgan fingerprint density at radius 3 is 2.43 bits per heavy atom. The molecule has 108 valence electrons. The van der Waals surface area contributed by atoms with Gasteiger partial charge in [-0.15, -0.1) is 0 Å². The molecule has 0 aromatic heterocycles. The van der Waals surface area contributed by atoms with Crippen LogP contribution in [0.5, 0.6) is 0 Å². The van der Waals surface area contributed by atoms with Gasteiger partial charge in [0.05, 0.1) is 0 Å². The third kappa shape index (κ3) is 2.39. The second-order valence-electron chi connectivity index (χ2n) is 6.08. The summed E-state index contributed by atoms with van der Waals surface area (Å²) in [5, 5.41) is 3.47. The predicted octanol–water partition coefficient (Wildman–Crippen LogP) is 3.25. The lowest BCUT2D eigenvalue weighted by molar-refractivity contribution is 0.166. The topological polar surface area (TPSA) is 15.3 Å². The van der Waals surface area contributed by atoms with Gasteiger partial charge in [-0.25, -0.2) is 0 Å². The summed E-state index contributed by atoms with van der Waals surface area (Å²) < 4.78 is 0. The first-order valence-electron chi connectivity index (χ1n) is 8.05. The number of benzene rings is 2. The van der Waals surface area contributed by atoms with E-state index in [9.17, 15) is 0 Å². The Balaban J connectivity index is 1.79. The van der Waals surface area contributed by atoms with E-state index in [-0.39, 0.29) is 0 Å². The second kappa shape index (κ2) is 5.63. The number of hydrogen-bond donors (Lipinski definition) is 1. The van der Waals surface area contributed by atoms with Crippen LogP contribution in [0.15, 0.2) is 48.5 Å². The Morgan fingerprint density at radius 2 is 1.57 bits per heavy atom. The summed E-state index contributed by atoms with van der Waals surface area (Å²) in [6, 6.07) is 18.5. The van der Waals surface area contributed by atoms with E-state index in [2.05, 4.69) is 58.7 Å². The molecule has 1 unspecified atom stereocenters. The molecule has 21 heavy (non-hydrogen) atoms. The van der Waals surface area contributed by atoms with Gasteiger partial charge in [0.2, 0.25) is 0 Å². The molecule has 2 aliphatic rings. The normalized spacial score (nSPS) is 22.2. The van der Waals surface area contributed by atoms with Gasteiger partial charge in [-0.2, -0.15) is 0 Å². The summed E-state index contributed by atoms with van der Waals surface area (Å²) in [5.41, 5.74) is 5.90. The lowest BCUT2D eigenvalue weighted by atomic mass is 9.94. The van der Waals surface area contributed by atoms with Crippen LogP contribution >= 0.6 is 0 Å². The van der Waals surface area contributed by atoms with Crippen LogP contribution in [0.2, 0.25) is 0 Å². The van der Waals surface area contributed by atoms with Crippen molar-refractivity contribution in [2.24, 2.45) is 0 Å². The van der Waals surface area contributed by atoms with Gasteiger partial charge < -0.3 is 5.32 Å². The van der Waals surface area contributed by atoms with Crippen LogP contribution in [0.4, 0.5) is 0 Å². The maximum Gasteiger partial charge on any atom is 0.0358 e. The van der Waals surface area contributed by atoms with Crippen LogP contribution in [0, 0.1) is 0 Å². The zero-order chi connectivity index (χ0) is 14.1. The summed E-state index contributed by atoms with van der Waals surface area (Å²) in [6.45, 7) is 4.56. The van der Waals surface area contributed by atoms with E-state index in [0.29, 0.717) is 6.04 Å². The molecule has 1 saturated heterocycles. The molecule has 0 amide bonds. The molecular formula is C19H22N2. The van der Waals surface area contributed by atoms with E-state index in [1.54, 1.807) is 0 Å². The van der Waals surface area contributed by atoms with Crippen molar-refractivity contribution in [2.45, 2.75) is 18.9 Å². The molecule has 4 rings (SSSR count). The van der Waals surface area contributed by atoms with Crippen molar-refractivity contribution in [2.75, 3.05) is 26.2 Å². The van der Waals surface area contributed by atoms with Gasteiger partial charge in [0.25, 0.3) is 0 Å². The molecule has 2 aromatic rings. The van der Waals surface area contributed by atoms with Gasteiger partial charge in [-0.05, 0) is 35.1 Å². The molecule has 2 nitrogen and oxygen atoms in total.